The average Bonchev–Trinajstić information content (AvgIpc) is 2.75. The fraction of sp³-hybridized carbons (Fsp3) is 0.714. The van der Waals surface area contributed by atoms with Crippen molar-refractivity contribution in [2.75, 3.05) is 13.7 Å². The highest BCUT2D eigenvalue weighted by molar-refractivity contribution is 5.88. The fourth-order valence-corrected chi connectivity index (χ4v) is 1.90. The van der Waals surface area contributed by atoms with Gasteiger partial charge < -0.3 is 14.4 Å². The second kappa shape index (κ2) is 6.46. The third-order valence-corrected chi connectivity index (χ3v) is 2.72. The molecule has 5 heteroatoms. The molecule has 1 rings (SSSR count). The highest BCUT2D eigenvalue weighted by atomic mass is 16.6. The van der Waals surface area contributed by atoms with E-state index < -0.39 is 11.6 Å². The van der Waals surface area contributed by atoms with Gasteiger partial charge in [0.25, 0.3) is 0 Å². The molecule has 1 amide bonds. The van der Waals surface area contributed by atoms with Gasteiger partial charge in [-0.2, -0.15) is 0 Å². The van der Waals surface area contributed by atoms with Crippen LogP contribution in [0.3, 0.4) is 0 Å². The van der Waals surface area contributed by atoms with Crippen LogP contribution in [0, 0.1) is 11.8 Å². The van der Waals surface area contributed by atoms with Crippen LogP contribution in [0.25, 0.3) is 0 Å². The number of ether oxygens (including phenoxy) is 2. The highest BCUT2D eigenvalue weighted by Gasteiger charge is 2.31. The van der Waals surface area contributed by atoms with Crippen molar-refractivity contribution in [3.8, 4) is 11.8 Å². The van der Waals surface area contributed by atoms with Gasteiger partial charge in [0.15, 0.2) is 0 Å². The molecule has 0 aromatic heterocycles. The molecule has 0 aliphatic carbocycles. The first-order valence-corrected chi connectivity index (χ1v) is 6.40. The first kappa shape index (κ1) is 15.4. The van der Waals surface area contributed by atoms with Crippen LogP contribution in [0.5, 0.6) is 0 Å². The monoisotopic (exact) mass is 267 g/mol. The Morgan fingerprint density at radius 3 is 2.63 bits per heavy atom. The van der Waals surface area contributed by atoms with Crippen molar-refractivity contribution in [3.63, 3.8) is 0 Å². The van der Waals surface area contributed by atoms with Gasteiger partial charge in [-0.3, -0.25) is 0 Å². The smallest absolute Gasteiger partial charge is 0.410 e. The number of hydrogen-bond acceptors (Lipinski definition) is 4. The molecule has 1 aliphatic rings. The molecular formula is C14H21NO4. The van der Waals surface area contributed by atoms with E-state index in [0.29, 0.717) is 13.0 Å². The van der Waals surface area contributed by atoms with E-state index in [1.54, 1.807) is 4.90 Å². The van der Waals surface area contributed by atoms with Gasteiger partial charge in [-0.1, -0.05) is 5.92 Å². The van der Waals surface area contributed by atoms with Crippen LogP contribution in [0.4, 0.5) is 4.79 Å². The van der Waals surface area contributed by atoms with Gasteiger partial charge in [-0.05, 0) is 33.6 Å². The van der Waals surface area contributed by atoms with Crippen molar-refractivity contribution in [1.29, 1.82) is 0 Å². The first-order valence-electron chi connectivity index (χ1n) is 6.40. The van der Waals surface area contributed by atoms with Crippen LogP contribution in [0.2, 0.25) is 0 Å². The average molecular weight is 267 g/mol. The van der Waals surface area contributed by atoms with Gasteiger partial charge in [0, 0.05) is 24.9 Å². The van der Waals surface area contributed by atoms with Crippen molar-refractivity contribution in [1.82, 2.24) is 4.90 Å². The van der Waals surface area contributed by atoms with Gasteiger partial charge in [0.05, 0.1) is 7.11 Å². The Hall–Kier alpha value is -1.70. The second-order valence-corrected chi connectivity index (χ2v) is 5.47. The lowest BCUT2D eigenvalue weighted by molar-refractivity contribution is -0.133. The van der Waals surface area contributed by atoms with Crippen LogP contribution < -0.4 is 0 Å². The number of likely N-dealkylation sites (tertiary alicyclic amines) is 1. The molecule has 0 aromatic carbocycles. The number of hydrogen-bond donors (Lipinski definition) is 0. The molecule has 0 radical (unpaired) electrons. The topological polar surface area (TPSA) is 55.8 Å². The van der Waals surface area contributed by atoms with E-state index in [0.717, 1.165) is 12.8 Å². The zero-order valence-corrected chi connectivity index (χ0v) is 12.0. The Labute approximate surface area is 114 Å². The van der Waals surface area contributed by atoms with Crippen LogP contribution >= 0.6 is 0 Å². The van der Waals surface area contributed by atoms with E-state index in [9.17, 15) is 9.59 Å². The summed E-state index contributed by atoms with van der Waals surface area (Å²) in [5.74, 6) is 4.57. The Morgan fingerprint density at radius 2 is 2.05 bits per heavy atom. The van der Waals surface area contributed by atoms with Gasteiger partial charge in [-0.15, -0.1) is 0 Å². The molecule has 5 nitrogen and oxygen atoms in total. The fourth-order valence-electron chi connectivity index (χ4n) is 1.90. The summed E-state index contributed by atoms with van der Waals surface area (Å²) >= 11 is 0. The van der Waals surface area contributed by atoms with Gasteiger partial charge >= 0.3 is 12.1 Å². The van der Waals surface area contributed by atoms with Crippen molar-refractivity contribution < 1.29 is 19.1 Å². The maximum absolute atomic E-state index is 12.0. The van der Waals surface area contributed by atoms with Gasteiger partial charge in [0.1, 0.15) is 5.60 Å². The van der Waals surface area contributed by atoms with E-state index in [1.807, 2.05) is 20.8 Å². The number of methoxy groups -OCH3 is 1. The molecule has 0 saturated carbocycles. The highest BCUT2D eigenvalue weighted by Crippen LogP contribution is 2.22. The van der Waals surface area contributed by atoms with Crippen LogP contribution in [-0.4, -0.2) is 42.3 Å². The summed E-state index contributed by atoms with van der Waals surface area (Å²) in [6.07, 6.45) is 1.97. The molecule has 106 valence electrons. The molecule has 0 bridgehead atoms. The zero-order chi connectivity index (χ0) is 14.5. The van der Waals surface area contributed by atoms with Crippen molar-refractivity contribution in [3.05, 3.63) is 0 Å². The molecule has 1 unspecified atom stereocenters. The van der Waals surface area contributed by atoms with Crippen molar-refractivity contribution >= 4 is 12.1 Å². The predicted octanol–water partition coefficient (Wildman–Crippen LogP) is 1.95. The summed E-state index contributed by atoms with van der Waals surface area (Å²) in [6, 6.07) is 0.0204. The maximum atomic E-state index is 12.0. The molecule has 1 aliphatic heterocycles. The minimum absolute atomic E-state index is 0.0204. The van der Waals surface area contributed by atoms with E-state index in [2.05, 4.69) is 16.6 Å². The normalized spacial score (nSPS) is 18.5. The largest absolute Gasteiger partial charge is 0.459 e. The Kier molecular flexibility index (Phi) is 5.22. The molecule has 0 N–H and O–H groups in total. The summed E-state index contributed by atoms with van der Waals surface area (Å²) in [6.45, 7) is 6.20. The van der Waals surface area contributed by atoms with Crippen LogP contribution in [0.1, 0.15) is 40.0 Å². The summed E-state index contributed by atoms with van der Waals surface area (Å²) in [5, 5.41) is 0. The number of carbonyl (C=O) groups excluding carboxylic acids is 2. The molecule has 0 aromatic rings. The van der Waals surface area contributed by atoms with Crippen molar-refractivity contribution in [2.24, 2.45) is 0 Å². The molecule has 1 heterocycles. The Bertz CT molecular complexity index is 400. The van der Waals surface area contributed by atoms with Crippen LogP contribution in [-0.2, 0) is 14.3 Å². The quantitative estimate of drug-likeness (QED) is 0.414. The Balaban J connectivity index is 2.56. The summed E-state index contributed by atoms with van der Waals surface area (Å²) < 4.78 is 9.78. The van der Waals surface area contributed by atoms with E-state index in [1.165, 1.54) is 7.11 Å². The van der Waals surface area contributed by atoms with E-state index >= 15 is 0 Å². The number of carbonyl (C=O) groups is 2. The summed E-state index contributed by atoms with van der Waals surface area (Å²) in [5.41, 5.74) is -0.498. The lowest BCUT2D eigenvalue weighted by Crippen LogP contribution is -2.39. The number of amides is 1. The third kappa shape index (κ3) is 5.21. The number of rotatable bonds is 1. The molecule has 19 heavy (non-hydrogen) atoms. The molecule has 0 spiro atoms. The maximum Gasteiger partial charge on any atom is 0.410 e. The molecule has 1 atom stereocenters. The summed E-state index contributed by atoms with van der Waals surface area (Å²) in [4.78, 5) is 24.6. The van der Waals surface area contributed by atoms with Crippen LogP contribution in [0.15, 0.2) is 0 Å². The van der Waals surface area contributed by atoms with E-state index in [-0.39, 0.29) is 12.1 Å². The SMILES string of the molecule is COC(=O)C#CCC1CCCN1C(=O)OC(C)(C)C. The minimum atomic E-state index is -0.554. The second-order valence-electron chi connectivity index (χ2n) is 5.47. The number of esters is 1. The summed E-state index contributed by atoms with van der Waals surface area (Å²) in [7, 11) is 1.29. The zero-order valence-electron chi connectivity index (χ0n) is 12.0. The number of nitrogens with zero attached hydrogens (tertiary/aromatic N) is 1. The predicted molar refractivity (Wildman–Crippen MR) is 70.4 cm³/mol. The molecule has 1 saturated heterocycles. The van der Waals surface area contributed by atoms with Crippen molar-refractivity contribution in [2.45, 2.75) is 51.7 Å². The first-order chi connectivity index (χ1) is 8.83. The standard InChI is InChI=1S/C14H21NO4/c1-14(2,3)19-13(17)15-10-6-8-11(15)7-5-9-12(16)18-4/h11H,6-8,10H2,1-4H3. The van der Waals surface area contributed by atoms with E-state index in [4.69, 9.17) is 4.74 Å². The molecular weight excluding hydrogens is 246 g/mol. The van der Waals surface area contributed by atoms with Gasteiger partial charge in [-0.25, -0.2) is 9.59 Å². The lowest BCUT2D eigenvalue weighted by Gasteiger charge is -2.27. The lowest BCUT2D eigenvalue weighted by atomic mass is 10.1. The molecule has 1 fully saturated rings. The Morgan fingerprint density at radius 1 is 1.37 bits per heavy atom. The third-order valence-electron chi connectivity index (χ3n) is 2.72. The minimum Gasteiger partial charge on any atom is -0.459 e. The van der Waals surface area contributed by atoms with Gasteiger partial charge in [0.2, 0.25) is 0 Å².